The second-order valence-electron chi connectivity index (χ2n) is 7.37. The highest BCUT2D eigenvalue weighted by atomic mass is 16.6. The number of carbonyl (C=O) groups is 1. The number of hydrogen-bond acceptors (Lipinski definition) is 4. The van der Waals surface area contributed by atoms with Gasteiger partial charge < -0.3 is 15.1 Å². The highest BCUT2D eigenvalue weighted by Crippen LogP contribution is 2.49. The first-order valence-electron chi connectivity index (χ1n) is 9.40. The van der Waals surface area contributed by atoms with Crippen molar-refractivity contribution in [3.63, 3.8) is 0 Å². The second-order valence-corrected chi connectivity index (χ2v) is 7.37. The van der Waals surface area contributed by atoms with Crippen molar-refractivity contribution in [2.75, 3.05) is 0 Å². The summed E-state index contributed by atoms with van der Waals surface area (Å²) in [4.78, 5) is 16.0. The molecule has 2 aliphatic carbocycles. The van der Waals surface area contributed by atoms with Crippen LogP contribution in [0.2, 0.25) is 0 Å². The van der Waals surface area contributed by atoms with Crippen LogP contribution in [0.25, 0.3) is 0 Å². The standard InChI is InChI=1S/C21H27NO4/c23-20-12-17-10-16(8-4-5-9-21(24)25)11-18(17)19(20)13-22-26-14-15-6-2-1-3-7-15/h1-3,6-8,13,17-20,23H,4-5,9-12,14H2,(H,24,25)/b16-8+,22-13+/t17-,18-,19+,20+/m0/s1. The van der Waals surface area contributed by atoms with Gasteiger partial charge >= 0.3 is 5.97 Å². The van der Waals surface area contributed by atoms with Crippen LogP contribution >= 0.6 is 0 Å². The topological polar surface area (TPSA) is 79.1 Å². The lowest BCUT2D eigenvalue weighted by Gasteiger charge is -2.15. The van der Waals surface area contributed by atoms with Crippen molar-refractivity contribution in [2.45, 2.75) is 51.2 Å². The third-order valence-corrected chi connectivity index (χ3v) is 5.52. The Kier molecular flexibility index (Phi) is 6.45. The molecular formula is C21H27NO4. The van der Waals surface area contributed by atoms with Gasteiger partial charge in [-0.05, 0) is 49.5 Å². The van der Waals surface area contributed by atoms with E-state index in [1.165, 1.54) is 5.57 Å². The predicted molar refractivity (Wildman–Crippen MR) is 99.6 cm³/mol. The number of allylic oxidation sites excluding steroid dienone is 2. The SMILES string of the molecule is O=C(O)CCC/C=C1\C[C@H]2C[C@@H](O)[C@H](/C=N/OCc3ccccc3)[C@H]2C1. The van der Waals surface area contributed by atoms with E-state index in [4.69, 9.17) is 9.94 Å². The van der Waals surface area contributed by atoms with Crippen molar-refractivity contribution in [1.29, 1.82) is 0 Å². The Morgan fingerprint density at radius 3 is 2.85 bits per heavy atom. The molecule has 2 N–H and O–H groups in total. The fourth-order valence-electron chi connectivity index (χ4n) is 4.24. The van der Waals surface area contributed by atoms with Crippen molar-refractivity contribution in [3.05, 3.63) is 47.5 Å². The van der Waals surface area contributed by atoms with Gasteiger partial charge in [-0.25, -0.2) is 0 Å². The average Bonchev–Trinajstić information content (AvgIpc) is 3.13. The monoisotopic (exact) mass is 357 g/mol. The summed E-state index contributed by atoms with van der Waals surface area (Å²) < 4.78 is 0. The molecule has 0 radical (unpaired) electrons. The Hall–Kier alpha value is -2.14. The Bertz CT molecular complexity index is 655. The van der Waals surface area contributed by atoms with Crippen molar-refractivity contribution in [3.8, 4) is 0 Å². The van der Waals surface area contributed by atoms with E-state index in [-0.39, 0.29) is 18.4 Å². The molecule has 5 heteroatoms. The Balaban J connectivity index is 1.48. The highest BCUT2D eigenvalue weighted by molar-refractivity contribution is 5.66. The summed E-state index contributed by atoms with van der Waals surface area (Å²) in [5, 5.41) is 23.2. The summed E-state index contributed by atoms with van der Waals surface area (Å²) in [5.74, 6) is 0.225. The zero-order valence-electron chi connectivity index (χ0n) is 15.0. The third kappa shape index (κ3) is 4.94. The van der Waals surface area contributed by atoms with Crippen LogP contribution in [0.4, 0.5) is 0 Å². The number of rotatable bonds is 8. The van der Waals surface area contributed by atoms with Crippen LogP contribution in [-0.2, 0) is 16.2 Å². The molecule has 26 heavy (non-hydrogen) atoms. The van der Waals surface area contributed by atoms with Gasteiger partial charge in [-0.1, -0.05) is 47.1 Å². The van der Waals surface area contributed by atoms with Gasteiger partial charge in [0.15, 0.2) is 0 Å². The number of carboxylic acid groups (broad SMARTS) is 1. The maximum atomic E-state index is 10.6. The fraction of sp³-hybridized carbons (Fsp3) is 0.524. The van der Waals surface area contributed by atoms with Crippen LogP contribution in [0.3, 0.4) is 0 Å². The number of aliphatic carboxylic acids is 1. The zero-order valence-corrected chi connectivity index (χ0v) is 15.0. The molecule has 0 bridgehead atoms. The quantitative estimate of drug-likeness (QED) is 0.321. The molecule has 140 valence electrons. The minimum Gasteiger partial charge on any atom is -0.481 e. The van der Waals surface area contributed by atoms with Gasteiger partial charge in [0.25, 0.3) is 0 Å². The van der Waals surface area contributed by atoms with Crippen LogP contribution in [0.15, 0.2) is 47.1 Å². The van der Waals surface area contributed by atoms with E-state index in [9.17, 15) is 9.90 Å². The van der Waals surface area contributed by atoms with Crippen LogP contribution < -0.4 is 0 Å². The molecule has 0 spiro atoms. The van der Waals surface area contributed by atoms with Gasteiger partial charge in [0.2, 0.25) is 0 Å². The molecule has 0 saturated heterocycles. The van der Waals surface area contributed by atoms with Crippen molar-refractivity contribution >= 4 is 12.2 Å². The maximum absolute atomic E-state index is 10.6. The number of fused-ring (bicyclic) bond motifs is 1. The van der Waals surface area contributed by atoms with E-state index < -0.39 is 5.97 Å². The maximum Gasteiger partial charge on any atom is 0.303 e. The zero-order chi connectivity index (χ0) is 18.4. The number of nitrogens with zero attached hydrogens (tertiary/aromatic N) is 1. The van der Waals surface area contributed by atoms with Crippen LogP contribution in [0, 0.1) is 17.8 Å². The second kappa shape index (κ2) is 8.99. The summed E-state index contributed by atoms with van der Waals surface area (Å²) in [6, 6.07) is 9.89. The van der Waals surface area contributed by atoms with Gasteiger partial charge in [-0.2, -0.15) is 0 Å². The molecule has 0 amide bonds. The smallest absolute Gasteiger partial charge is 0.303 e. The van der Waals surface area contributed by atoms with Gasteiger partial charge in [0.1, 0.15) is 6.61 Å². The summed E-state index contributed by atoms with van der Waals surface area (Å²) in [6.45, 7) is 0.434. The van der Waals surface area contributed by atoms with E-state index in [0.29, 0.717) is 24.9 Å². The number of aliphatic hydroxyl groups is 1. The lowest BCUT2D eigenvalue weighted by Crippen LogP contribution is -2.20. The van der Waals surface area contributed by atoms with Crippen LogP contribution in [0.1, 0.15) is 44.1 Å². The number of oxime groups is 1. The minimum atomic E-state index is -0.735. The molecule has 2 saturated carbocycles. The van der Waals surface area contributed by atoms with E-state index in [1.54, 1.807) is 6.21 Å². The lowest BCUT2D eigenvalue weighted by molar-refractivity contribution is -0.137. The molecule has 2 fully saturated rings. The summed E-state index contributed by atoms with van der Waals surface area (Å²) in [7, 11) is 0. The predicted octanol–water partition coefficient (Wildman–Crippen LogP) is 3.78. The van der Waals surface area contributed by atoms with Gasteiger partial charge in [0.05, 0.1) is 6.10 Å². The molecule has 2 aliphatic rings. The molecule has 3 rings (SSSR count). The Labute approximate surface area is 154 Å². The molecule has 0 aromatic heterocycles. The first kappa shape index (κ1) is 18.6. The summed E-state index contributed by atoms with van der Waals surface area (Å²) in [5.41, 5.74) is 2.47. The molecule has 1 aromatic carbocycles. The third-order valence-electron chi connectivity index (χ3n) is 5.52. The summed E-state index contributed by atoms with van der Waals surface area (Å²) >= 11 is 0. The summed E-state index contributed by atoms with van der Waals surface area (Å²) in [6.07, 6.45) is 8.18. The van der Waals surface area contributed by atoms with Crippen molar-refractivity contribution < 1.29 is 19.8 Å². The number of unbranched alkanes of at least 4 members (excludes halogenated alkanes) is 1. The van der Waals surface area contributed by atoms with Crippen molar-refractivity contribution in [2.24, 2.45) is 22.9 Å². The van der Waals surface area contributed by atoms with Crippen LogP contribution in [-0.4, -0.2) is 28.5 Å². The number of carboxylic acids is 1. The van der Waals surface area contributed by atoms with Gasteiger partial charge in [0, 0.05) is 18.6 Å². The number of hydrogen-bond donors (Lipinski definition) is 2. The fourth-order valence-corrected chi connectivity index (χ4v) is 4.24. The number of aliphatic hydroxyl groups excluding tert-OH is 1. The average molecular weight is 357 g/mol. The molecule has 1 aromatic rings. The highest BCUT2D eigenvalue weighted by Gasteiger charge is 2.45. The molecule has 5 nitrogen and oxygen atoms in total. The van der Waals surface area contributed by atoms with E-state index in [2.05, 4.69) is 11.2 Å². The molecule has 0 aliphatic heterocycles. The first-order chi connectivity index (χ1) is 12.6. The van der Waals surface area contributed by atoms with Crippen molar-refractivity contribution in [1.82, 2.24) is 0 Å². The molecule has 0 heterocycles. The van der Waals surface area contributed by atoms with E-state index >= 15 is 0 Å². The Morgan fingerprint density at radius 2 is 2.08 bits per heavy atom. The molecule has 0 unspecified atom stereocenters. The first-order valence-corrected chi connectivity index (χ1v) is 9.40. The van der Waals surface area contributed by atoms with Crippen LogP contribution in [0.5, 0.6) is 0 Å². The number of benzene rings is 1. The van der Waals surface area contributed by atoms with Gasteiger partial charge in [-0.15, -0.1) is 0 Å². The normalized spacial score (nSPS) is 29.3. The molecule has 4 atom stereocenters. The largest absolute Gasteiger partial charge is 0.481 e. The van der Waals surface area contributed by atoms with Gasteiger partial charge in [-0.3, -0.25) is 4.79 Å². The van der Waals surface area contributed by atoms with E-state index in [0.717, 1.165) is 31.2 Å². The Morgan fingerprint density at radius 1 is 1.27 bits per heavy atom. The van der Waals surface area contributed by atoms with E-state index in [1.807, 2.05) is 30.3 Å². The minimum absolute atomic E-state index is 0.0423. The molecular weight excluding hydrogens is 330 g/mol. The lowest BCUT2D eigenvalue weighted by atomic mass is 9.92.